The van der Waals surface area contributed by atoms with Crippen molar-refractivity contribution in [3.05, 3.63) is 94.4 Å². The largest absolute Gasteiger partial charge is 0.497 e. The molecule has 3 aromatic rings. The smallest absolute Gasteiger partial charge is 0.278 e. The number of carbonyl (C=O) groups is 2. The van der Waals surface area contributed by atoms with Gasteiger partial charge in [0.15, 0.2) is 0 Å². The van der Waals surface area contributed by atoms with Crippen molar-refractivity contribution in [2.24, 2.45) is 0 Å². The van der Waals surface area contributed by atoms with E-state index in [1.54, 1.807) is 61.8 Å². The van der Waals surface area contributed by atoms with E-state index in [9.17, 15) is 9.59 Å². The molecule has 2 amide bonds. The average Bonchev–Trinajstić information content (AvgIpc) is 3.02. The van der Waals surface area contributed by atoms with Gasteiger partial charge in [0.05, 0.1) is 24.9 Å². The fourth-order valence-corrected chi connectivity index (χ4v) is 3.57. The number of pyridine rings is 1. The molecular formula is C24H20ClN3O3. The number of nitrogens with zero attached hydrogens (tertiary/aromatic N) is 2. The van der Waals surface area contributed by atoms with Crippen molar-refractivity contribution < 1.29 is 14.3 Å². The van der Waals surface area contributed by atoms with E-state index < -0.39 is 5.91 Å². The zero-order valence-corrected chi connectivity index (χ0v) is 17.8. The molecule has 0 bridgehead atoms. The lowest BCUT2D eigenvalue weighted by molar-refractivity contribution is -0.137. The van der Waals surface area contributed by atoms with Crippen molar-refractivity contribution in [2.75, 3.05) is 12.4 Å². The van der Waals surface area contributed by atoms with Crippen LogP contribution in [-0.2, 0) is 16.1 Å². The van der Waals surface area contributed by atoms with E-state index in [4.69, 9.17) is 16.3 Å². The van der Waals surface area contributed by atoms with E-state index in [1.807, 2.05) is 19.1 Å². The van der Waals surface area contributed by atoms with Gasteiger partial charge in [-0.1, -0.05) is 35.9 Å². The SMILES string of the molecule is COc1ccc(C2=C(Nc3cccc(Cl)c3C)C(=O)N(Cc3ccccn3)C2=O)cc1. The predicted molar refractivity (Wildman–Crippen MR) is 120 cm³/mol. The third-order valence-corrected chi connectivity index (χ3v) is 5.53. The molecule has 0 radical (unpaired) electrons. The third kappa shape index (κ3) is 4.02. The van der Waals surface area contributed by atoms with Crippen LogP contribution in [0.3, 0.4) is 0 Å². The topological polar surface area (TPSA) is 71.5 Å². The molecule has 6 nitrogen and oxygen atoms in total. The van der Waals surface area contributed by atoms with E-state index in [-0.39, 0.29) is 18.1 Å². The summed E-state index contributed by atoms with van der Waals surface area (Å²) in [4.78, 5) is 32.1. The van der Waals surface area contributed by atoms with E-state index in [2.05, 4.69) is 10.3 Å². The van der Waals surface area contributed by atoms with E-state index >= 15 is 0 Å². The molecule has 0 saturated heterocycles. The molecule has 0 unspecified atom stereocenters. The maximum atomic E-state index is 13.3. The number of nitrogens with one attached hydrogen (secondary N) is 1. The Labute approximate surface area is 185 Å². The highest BCUT2D eigenvalue weighted by Gasteiger charge is 2.39. The van der Waals surface area contributed by atoms with Gasteiger partial charge in [-0.2, -0.15) is 0 Å². The summed E-state index contributed by atoms with van der Waals surface area (Å²) in [6.07, 6.45) is 1.63. The Bertz CT molecular complexity index is 1170. The molecule has 1 N–H and O–H groups in total. The summed E-state index contributed by atoms with van der Waals surface area (Å²) in [6.45, 7) is 1.93. The highest BCUT2D eigenvalue weighted by molar-refractivity contribution is 6.36. The summed E-state index contributed by atoms with van der Waals surface area (Å²) < 4.78 is 5.21. The lowest BCUT2D eigenvalue weighted by Crippen LogP contribution is -2.32. The van der Waals surface area contributed by atoms with Crippen LogP contribution in [0.15, 0.2) is 72.6 Å². The van der Waals surface area contributed by atoms with Gasteiger partial charge in [-0.25, -0.2) is 0 Å². The number of methoxy groups -OCH3 is 1. The molecule has 0 atom stereocenters. The van der Waals surface area contributed by atoms with Crippen molar-refractivity contribution in [3.8, 4) is 5.75 Å². The lowest BCUT2D eigenvalue weighted by atomic mass is 10.0. The fraction of sp³-hybridized carbons (Fsp3) is 0.125. The summed E-state index contributed by atoms with van der Waals surface area (Å²) in [6, 6.07) is 17.8. The Hall–Kier alpha value is -3.64. The first-order valence-electron chi connectivity index (χ1n) is 9.66. The predicted octanol–water partition coefficient (Wildman–Crippen LogP) is 4.44. The molecule has 2 heterocycles. The van der Waals surface area contributed by atoms with Crippen molar-refractivity contribution in [3.63, 3.8) is 0 Å². The first kappa shape index (κ1) is 20.6. The summed E-state index contributed by atoms with van der Waals surface area (Å²) in [5.74, 6) is -0.143. The Balaban J connectivity index is 1.77. The molecule has 1 aliphatic rings. The summed E-state index contributed by atoms with van der Waals surface area (Å²) in [5.41, 5.74) is 3.19. The maximum absolute atomic E-state index is 13.3. The van der Waals surface area contributed by atoms with Crippen LogP contribution in [0, 0.1) is 6.92 Å². The number of aromatic nitrogens is 1. The van der Waals surface area contributed by atoms with Gasteiger partial charge < -0.3 is 10.1 Å². The Morgan fingerprint density at radius 1 is 1.00 bits per heavy atom. The monoisotopic (exact) mass is 433 g/mol. The first-order valence-corrected chi connectivity index (χ1v) is 10.0. The summed E-state index contributed by atoms with van der Waals surface area (Å²) >= 11 is 6.25. The van der Waals surface area contributed by atoms with Crippen molar-refractivity contribution in [1.29, 1.82) is 0 Å². The number of imide groups is 1. The zero-order chi connectivity index (χ0) is 22.0. The molecule has 1 aliphatic heterocycles. The highest BCUT2D eigenvalue weighted by Crippen LogP contribution is 2.33. The van der Waals surface area contributed by atoms with Gasteiger partial charge >= 0.3 is 0 Å². The number of ether oxygens (including phenoxy) is 1. The summed E-state index contributed by atoms with van der Waals surface area (Å²) in [5, 5.41) is 3.72. The van der Waals surface area contributed by atoms with Gasteiger partial charge in [0.25, 0.3) is 11.8 Å². The molecule has 2 aromatic carbocycles. The molecule has 0 spiro atoms. The molecule has 31 heavy (non-hydrogen) atoms. The van der Waals surface area contributed by atoms with Crippen LogP contribution in [0.2, 0.25) is 5.02 Å². The van der Waals surface area contributed by atoms with Gasteiger partial charge in [0.2, 0.25) is 0 Å². The normalized spacial score (nSPS) is 13.7. The van der Waals surface area contributed by atoms with E-state index in [0.29, 0.717) is 33.3 Å². The minimum Gasteiger partial charge on any atom is -0.497 e. The van der Waals surface area contributed by atoms with Gasteiger partial charge in [0, 0.05) is 16.9 Å². The fourth-order valence-electron chi connectivity index (χ4n) is 3.39. The Kier molecular flexibility index (Phi) is 5.73. The number of amides is 2. The number of hydrogen-bond donors (Lipinski definition) is 1. The van der Waals surface area contributed by atoms with E-state index in [1.165, 1.54) is 4.90 Å². The molecule has 0 fully saturated rings. The van der Waals surface area contributed by atoms with Crippen LogP contribution in [0.25, 0.3) is 5.57 Å². The van der Waals surface area contributed by atoms with Gasteiger partial charge in [-0.3, -0.25) is 19.5 Å². The molecule has 7 heteroatoms. The second-order valence-electron chi connectivity index (χ2n) is 7.03. The van der Waals surface area contributed by atoms with E-state index in [0.717, 1.165) is 5.56 Å². The van der Waals surface area contributed by atoms with Crippen molar-refractivity contribution >= 4 is 34.7 Å². The Morgan fingerprint density at radius 3 is 2.45 bits per heavy atom. The molecule has 1 aromatic heterocycles. The van der Waals surface area contributed by atoms with Crippen LogP contribution < -0.4 is 10.1 Å². The number of anilines is 1. The minimum atomic E-state index is -0.416. The molecule has 0 aliphatic carbocycles. The van der Waals surface area contributed by atoms with Crippen LogP contribution in [0.4, 0.5) is 5.69 Å². The molecule has 156 valence electrons. The van der Waals surface area contributed by atoms with Crippen LogP contribution in [-0.4, -0.2) is 28.8 Å². The molecular weight excluding hydrogens is 414 g/mol. The quantitative estimate of drug-likeness (QED) is 0.582. The van der Waals surface area contributed by atoms with Crippen molar-refractivity contribution in [2.45, 2.75) is 13.5 Å². The lowest BCUT2D eigenvalue weighted by Gasteiger charge is -2.15. The summed E-state index contributed by atoms with van der Waals surface area (Å²) in [7, 11) is 1.57. The minimum absolute atomic E-state index is 0.0812. The number of rotatable bonds is 6. The number of hydrogen-bond acceptors (Lipinski definition) is 5. The average molecular weight is 434 g/mol. The number of benzene rings is 2. The second kappa shape index (κ2) is 8.62. The maximum Gasteiger partial charge on any atom is 0.278 e. The molecule has 0 saturated carbocycles. The van der Waals surface area contributed by atoms with Crippen molar-refractivity contribution in [1.82, 2.24) is 9.88 Å². The standard InChI is InChI=1S/C24H20ClN3O3/c1-15-19(25)7-5-8-20(15)27-22-21(16-9-11-18(31-2)12-10-16)23(29)28(24(22)30)14-17-6-3-4-13-26-17/h3-13,27H,14H2,1-2H3. The first-order chi connectivity index (χ1) is 15.0. The van der Waals surface area contributed by atoms with Crippen LogP contribution >= 0.6 is 11.6 Å². The van der Waals surface area contributed by atoms with Gasteiger partial charge in [0.1, 0.15) is 11.4 Å². The zero-order valence-electron chi connectivity index (χ0n) is 17.1. The molecule has 4 rings (SSSR count). The van der Waals surface area contributed by atoms with Gasteiger partial charge in [-0.15, -0.1) is 0 Å². The Morgan fingerprint density at radius 2 is 1.77 bits per heavy atom. The van der Waals surface area contributed by atoms with Crippen LogP contribution in [0.5, 0.6) is 5.75 Å². The number of halogens is 1. The van der Waals surface area contributed by atoms with Gasteiger partial charge in [-0.05, 0) is 54.4 Å². The third-order valence-electron chi connectivity index (χ3n) is 5.12. The van der Waals surface area contributed by atoms with Crippen LogP contribution in [0.1, 0.15) is 16.8 Å². The highest BCUT2D eigenvalue weighted by atomic mass is 35.5. The second-order valence-corrected chi connectivity index (χ2v) is 7.44. The number of carbonyl (C=O) groups excluding carboxylic acids is 2.